The molecule has 0 unspecified atom stereocenters. The Morgan fingerprint density at radius 3 is 2.50 bits per heavy atom. The number of nitrogens with zero attached hydrogens (tertiary/aromatic N) is 2. The topological polar surface area (TPSA) is 47.3 Å². The molecule has 68 valence electrons. The van der Waals surface area contributed by atoms with E-state index >= 15 is 0 Å². The van der Waals surface area contributed by atoms with Gasteiger partial charge in [-0.05, 0) is 13.8 Å². The van der Waals surface area contributed by atoms with Gasteiger partial charge in [-0.3, -0.25) is 0 Å². The molecule has 0 spiro atoms. The van der Waals surface area contributed by atoms with E-state index in [0.29, 0.717) is 5.88 Å². The summed E-state index contributed by atoms with van der Waals surface area (Å²) in [4.78, 5) is 0. The van der Waals surface area contributed by atoms with Crippen molar-refractivity contribution in [2.45, 2.75) is 20.0 Å². The maximum Gasteiger partial charge on any atom is 0.217 e. The van der Waals surface area contributed by atoms with Gasteiger partial charge in [-0.25, -0.2) is 4.68 Å². The largest absolute Gasteiger partial charge is 0.481 e. The lowest BCUT2D eigenvalue weighted by Crippen LogP contribution is -1.98. The lowest BCUT2D eigenvalue weighted by molar-refractivity contribution is 0.192. The molecule has 0 bridgehead atoms. The Kier molecular flexibility index (Phi) is 2.38. The molecule has 0 radical (unpaired) electrons. The first-order valence-electron chi connectivity index (χ1n) is 3.83. The van der Waals surface area contributed by atoms with Gasteiger partial charge >= 0.3 is 0 Å². The van der Waals surface area contributed by atoms with Crippen LogP contribution in [0.15, 0.2) is 0 Å². The standard InChI is InChI=1S/C8H14N2O2/c1-5-7(6(2)11)8(12-4)10(3)9-5/h6,11H,1-4H3/t6-/m1/s1. The van der Waals surface area contributed by atoms with Gasteiger partial charge in [0.1, 0.15) is 0 Å². The molecule has 1 aromatic heterocycles. The van der Waals surface area contributed by atoms with Gasteiger partial charge in [0.25, 0.3) is 0 Å². The minimum Gasteiger partial charge on any atom is -0.481 e. The number of hydrogen-bond donors (Lipinski definition) is 1. The van der Waals surface area contributed by atoms with Gasteiger partial charge < -0.3 is 9.84 Å². The maximum absolute atomic E-state index is 9.40. The highest BCUT2D eigenvalue weighted by molar-refractivity contribution is 5.32. The van der Waals surface area contributed by atoms with Crippen molar-refractivity contribution in [2.24, 2.45) is 7.05 Å². The summed E-state index contributed by atoms with van der Waals surface area (Å²) in [7, 11) is 3.36. The van der Waals surface area contributed by atoms with Crippen LogP contribution in [-0.4, -0.2) is 22.0 Å². The first-order valence-corrected chi connectivity index (χ1v) is 3.83. The van der Waals surface area contributed by atoms with E-state index in [9.17, 15) is 5.11 Å². The predicted octanol–water partition coefficient (Wildman–Crippen LogP) is 0.790. The molecule has 0 fully saturated rings. The second kappa shape index (κ2) is 3.15. The average molecular weight is 170 g/mol. The fourth-order valence-corrected chi connectivity index (χ4v) is 1.38. The molecule has 12 heavy (non-hydrogen) atoms. The molecule has 1 rings (SSSR count). The smallest absolute Gasteiger partial charge is 0.217 e. The zero-order chi connectivity index (χ0) is 9.30. The quantitative estimate of drug-likeness (QED) is 0.713. The normalized spacial score (nSPS) is 13.1. The van der Waals surface area contributed by atoms with Crippen LogP contribution >= 0.6 is 0 Å². The highest BCUT2D eigenvalue weighted by Gasteiger charge is 2.17. The summed E-state index contributed by atoms with van der Waals surface area (Å²) in [6.07, 6.45) is -0.534. The number of aryl methyl sites for hydroxylation is 2. The number of aliphatic hydroxyl groups is 1. The zero-order valence-electron chi connectivity index (χ0n) is 7.83. The van der Waals surface area contributed by atoms with Crippen LogP contribution in [0, 0.1) is 6.92 Å². The van der Waals surface area contributed by atoms with Crippen LogP contribution in [0.1, 0.15) is 24.3 Å². The molecule has 0 aliphatic heterocycles. The molecule has 1 N–H and O–H groups in total. The molecule has 0 saturated heterocycles. The highest BCUT2D eigenvalue weighted by atomic mass is 16.5. The zero-order valence-corrected chi connectivity index (χ0v) is 7.83. The van der Waals surface area contributed by atoms with Crippen LogP contribution in [0.25, 0.3) is 0 Å². The van der Waals surface area contributed by atoms with Crippen molar-refractivity contribution in [1.82, 2.24) is 9.78 Å². The number of hydrogen-bond acceptors (Lipinski definition) is 3. The molecule has 0 aliphatic rings. The summed E-state index contributed by atoms with van der Waals surface area (Å²) < 4.78 is 6.72. The first-order chi connectivity index (χ1) is 5.57. The fraction of sp³-hybridized carbons (Fsp3) is 0.625. The van der Waals surface area contributed by atoms with E-state index in [1.165, 1.54) is 0 Å². The molecule has 1 atom stereocenters. The van der Waals surface area contributed by atoms with Gasteiger partial charge in [-0.2, -0.15) is 5.10 Å². The van der Waals surface area contributed by atoms with Crippen molar-refractivity contribution in [2.75, 3.05) is 7.11 Å². The molecule has 4 nitrogen and oxygen atoms in total. The Morgan fingerprint density at radius 1 is 1.58 bits per heavy atom. The van der Waals surface area contributed by atoms with Crippen LogP contribution in [0.3, 0.4) is 0 Å². The Labute approximate surface area is 71.8 Å². The number of methoxy groups -OCH3 is 1. The SMILES string of the molecule is COc1c([C@@H](C)O)c(C)nn1C. The Bertz CT molecular complexity index is 279. The highest BCUT2D eigenvalue weighted by Crippen LogP contribution is 2.26. The molecule has 1 aromatic rings. The Hall–Kier alpha value is -1.03. The van der Waals surface area contributed by atoms with E-state index in [0.717, 1.165) is 11.3 Å². The lowest BCUT2D eigenvalue weighted by Gasteiger charge is -2.06. The molecule has 0 saturated carbocycles. The van der Waals surface area contributed by atoms with Gasteiger partial charge in [0.05, 0.1) is 24.5 Å². The summed E-state index contributed by atoms with van der Waals surface area (Å²) in [6, 6.07) is 0. The Balaban J connectivity index is 3.23. The fourth-order valence-electron chi connectivity index (χ4n) is 1.38. The van der Waals surface area contributed by atoms with Crippen LogP contribution in [0.4, 0.5) is 0 Å². The predicted molar refractivity (Wildman–Crippen MR) is 45.1 cm³/mol. The van der Waals surface area contributed by atoms with Gasteiger partial charge in [0, 0.05) is 7.05 Å². The average Bonchev–Trinajstić information content (AvgIpc) is 2.24. The van der Waals surface area contributed by atoms with Crippen molar-refractivity contribution >= 4 is 0 Å². The second-order valence-electron chi connectivity index (χ2n) is 2.81. The molecule has 0 aromatic carbocycles. The molecule has 0 amide bonds. The van der Waals surface area contributed by atoms with E-state index in [2.05, 4.69) is 5.10 Å². The molecular weight excluding hydrogens is 156 g/mol. The van der Waals surface area contributed by atoms with Crippen molar-refractivity contribution in [3.63, 3.8) is 0 Å². The van der Waals surface area contributed by atoms with Gasteiger partial charge in [0.2, 0.25) is 5.88 Å². The lowest BCUT2D eigenvalue weighted by atomic mass is 10.1. The number of aromatic nitrogens is 2. The summed E-state index contributed by atoms with van der Waals surface area (Å²) in [6.45, 7) is 3.55. The number of rotatable bonds is 2. The number of aliphatic hydroxyl groups excluding tert-OH is 1. The van der Waals surface area contributed by atoms with Crippen LogP contribution < -0.4 is 4.74 Å². The minimum absolute atomic E-state index is 0.534. The monoisotopic (exact) mass is 170 g/mol. The van der Waals surface area contributed by atoms with E-state index in [-0.39, 0.29) is 0 Å². The van der Waals surface area contributed by atoms with Crippen molar-refractivity contribution < 1.29 is 9.84 Å². The van der Waals surface area contributed by atoms with Gasteiger partial charge in [-0.15, -0.1) is 0 Å². The summed E-state index contributed by atoms with van der Waals surface area (Å²) in [5.74, 6) is 0.627. The Morgan fingerprint density at radius 2 is 2.17 bits per heavy atom. The molecule has 0 aliphatic carbocycles. The van der Waals surface area contributed by atoms with E-state index in [4.69, 9.17) is 4.74 Å². The third kappa shape index (κ3) is 1.30. The molecular formula is C8H14N2O2. The van der Waals surface area contributed by atoms with E-state index in [1.807, 2.05) is 6.92 Å². The van der Waals surface area contributed by atoms with Crippen LogP contribution in [-0.2, 0) is 7.05 Å². The van der Waals surface area contributed by atoms with Gasteiger partial charge in [0.15, 0.2) is 0 Å². The third-order valence-electron chi connectivity index (χ3n) is 1.83. The van der Waals surface area contributed by atoms with Crippen molar-refractivity contribution in [3.8, 4) is 5.88 Å². The van der Waals surface area contributed by atoms with Crippen LogP contribution in [0.5, 0.6) is 5.88 Å². The minimum atomic E-state index is -0.534. The van der Waals surface area contributed by atoms with E-state index < -0.39 is 6.10 Å². The van der Waals surface area contributed by atoms with Crippen molar-refractivity contribution in [1.29, 1.82) is 0 Å². The second-order valence-corrected chi connectivity index (χ2v) is 2.81. The van der Waals surface area contributed by atoms with E-state index in [1.54, 1.807) is 25.8 Å². The third-order valence-corrected chi connectivity index (χ3v) is 1.83. The summed E-state index contributed by atoms with van der Waals surface area (Å²) in [5.41, 5.74) is 1.57. The maximum atomic E-state index is 9.40. The summed E-state index contributed by atoms with van der Waals surface area (Å²) in [5, 5.41) is 13.5. The first kappa shape index (κ1) is 9.06. The van der Waals surface area contributed by atoms with Gasteiger partial charge in [-0.1, -0.05) is 0 Å². The summed E-state index contributed by atoms with van der Waals surface area (Å²) >= 11 is 0. The van der Waals surface area contributed by atoms with Crippen LogP contribution in [0.2, 0.25) is 0 Å². The molecule has 1 heterocycles. The number of ether oxygens (including phenoxy) is 1. The molecule has 4 heteroatoms. The van der Waals surface area contributed by atoms with Crippen molar-refractivity contribution in [3.05, 3.63) is 11.3 Å².